The molecule has 0 bridgehead atoms. The number of hydrogen-bond donors (Lipinski definition) is 2. The topological polar surface area (TPSA) is 60.0 Å². The van der Waals surface area contributed by atoms with Crippen LogP contribution >= 0.6 is 24.0 Å². The maximum Gasteiger partial charge on any atom is 0.244 e. The summed E-state index contributed by atoms with van der Waals surface area (Å²) in [6.07, 6.45) is 8.37. The molecule has 0 atom stereocenters. The van der Waals surface area contributed by atoms with Gasteiger partial charge in [0.25, 0.3) is 0 Å². The molecule has 2 saturated heterocycles. The molecule has 0 spiro atoms. The van der Waals surface area contributed by atoms with Gasteiger partial charge in [-0.05, 0) is 63.4 Å². The molecule has 1 aromatic rings. The van der Waals surface area contributed by atoms with Crippen molar-refractivity contribution in [3.05, 3.63) is 35.9 Å². The molecular formula is C25H40IN5O. The molecule has 0 unspecified atom stereocenters. The smallest absolute Gasteiger partial charge is 0.244 e. The summed E-state index contributed by atoms with van der Waals surface area (Å²) >= 11 is 0. The minimum absolute atomic E-state index is 0. The minimum Gasteiger partial charge on any atom is -0.357 e. The number of nitrogens with one attached hydrogen (secondary N) is 2. The summed E-state index contributed by atoms with van der Waals surface area (Å²) in [6.45, 7) is 7.19. The summed E-state index contributed by atoms with van der Waals surface area (Å²) in [4.78, 5) is 22.0. The molecule has 2 N–H and O–H groups in total. The van der Waals surface area contributed by atoms with Crippen molar-refractivity contribution in [3.8, 4) is 0 Å². The van der Waals surface area contributed by atoms with Crippen LogP contribution in [0.5, 0.6) is 0 Å². The lowest BCUT2D eigenvalue weighted by molar-refractivity contribution is -0.130. The molecule has 1 aromatic carbocycles. The van der Waals surface area contributed by atoms with Crippen LogP contribution in [-0.2, 0) is 11.2 Å². The summed E-state index contributed by atoms with van der Waals surface area (Å²) in [5.74, 6) is 1.62. The van der Waals surface area contributed by atoms with Gasteiger partial charge in [-0.1, -0.05) is 30.3 Å². The van der Waals surface area contributed by atoms with Crippen molar-refractivity contribution in [1.82, 2.24) is 20.4 Å². The van der Waals surface area contributed by atoms with E-state index in [0.29, 0.717) is 12.0 Å². The Hall–Kier alpha value is -1.35. The largest absolute Gasteiger partial charge is 0.357 e. The Morgan fingerprint density at radius 1 is 1.00 bits per heavy atom. The third-order valence-electron chi connectivity index (χ3n) is 6.98. The molecule has 1 amide bonds. The Morgan fingerprint density at radius 2 is 1.69 bits per heavy atom. The molecule has 7 heteroatoms. The first-order chi connectivity index (χ1) is 15.2. The SMILES string of the molecule is CCNC(=NCC(=O)N1CCC(Cc2ccccc2)CC1)NC1CCN(C2CC2)CC1.I. The summed E-state index contributed by atoms with van der Waals surface area (Å²) in [5.41, 5.74) is 1.40. The summed E-state index contributed by atoms with van der Waals surface area (Å²) < 4.78 is 0. The Labute approximate surface area is 210 Å². The summed E-state index contributed by atoms with van der Waals surface area (Å²) in [5, 5.41) is 6.89. The maximum absolute atomic E-state index is 12.7. The first-order valence-corrected chi connectivity index (χ1v) is 12.3. The lowest BCUT2D eigenvalue weighted by Gasteiger charge is -2.33. The molecule has 6 nitrogen and oxygen atoms in total. The maximum atomic E-state index is 12.7. The fourth-order valence-electron chi connectivity index (χ4n) is 4.94. The van der Waals surface area contributed by atoms with Crippen LogP contribution in [0.15, 0.2) is 35.3 Å². The second-order valence-corrected chi connectivity index (χ2v) is 9.39. The van der Waals surface area contributed by atoms with E-state index >= 15 is 0 Å². The number of carbonyl (C=O) groups excluding carboxylic acids is 1. The van der Waals surface area contributed by atoms with Gasteiger partial charge in [0.05, 0.1) is 0 Å². The van der Waals surface area contributed by atoms with Crippen LogP contribution in [0.3, 0.4) is 0 Å². The molecule has 0 radical (unpaired) electrons. The van der Waals surface area contributed by atoms with Crippen LogP contribution in [0.1, 0.15) is 51.0 Å². The Balaban J connectivity index is 0.00000289. The number of nitrogens with zero attached hydrogens (tertiary/aromatic N) is 3. The van der Waals surface area contributed by atoms with E-state index in [1.807, 2.05) is 4.90 Å². The Morgan fingerprint density at radius 3 is 2.31 bits per heavy atom. The summed E-state index contributed by atoms with van der Waals surface area (Å²) in [6, 6.07) is 12.0. The molecule has 4 rings (SSSR count). The molecule has 0 aromatic heterocycles. The number of carbonyl (C=O) groups is 1. The molecule has 2 heterocycles. The van der Waals surface area contributed by atoms with Crippen LogP contribution in [0, 0.1) is 5.92 Å². The Bertz CT molecular complexity index is 723. The predicted octanol–water partition coefficient (Wildman–Crippen LogP) is 3.27. The van der Waals surface area contributed by atoms with Gasteiger partial charge >= 0.3 is 0 Å². The first kappa shape index (κ1) is 25.3. The van der Waals surface area contributed by atoms with Gasteiger partial charge in [-0.3, -0.25) is 4.79 Å². The predicted molar refractivity (Wildman–Crippen MR) is 142 cm³/mol. The van der Waals surface area contributed by atoms with Gasteiger partial charge < -0.3 is 20.4 Å². The average Bonchev–Trinajstić information content (AvgIpc) is 3.65. The number of piperidine rings is 2. The zero-order chi connectivity index (χ0) is 21.5. The molecular weight excluding hydrogens is 513 g/mol. The van der Waals surface area contributed by atoms with E-state index in [4.69, 9.17) is 0 Å². The van der Waals surface area contributed by atoms with E-state index < -0.39 is 0 Å². The number of likely N-dealkylation sites (tertiary alicyclic amines) is 2. The van der Waals surface area contributed by atoms with Gasteiger partial charge in [0.1, 0.15) is 6.54 Å². The Kier molecular flexibility index (Phi) is 10.1. The molecule has 3 fully saturated rings. The van der Waals surface area contributed by atoms with E-state index in [9.17, 15) is 4.79 Å². The number of aliphatic imine (C=N–C) groups is 1. The zero-order valence-electron chi connectivity index (χ0n) is 19.5. The van der Waals surface area contributed by atoms with Gasteiger partial charge in [0, 0.05) is 44.8 Å². The highest BCUT2D eigenvalue weighted by atomic mass is 127. The number of hydrogen-bond acceptors (Lipinski definition) is 3. The number of rotatable bonds is 7. The van der Waals surface area contributed by atoms with Gasteiger partial charge in [-0.2, -0.15) is 0 Å². The first-order valence-electron chi connectivity index (χ1n) is 12.3. The number of benzene rings is 1. The van der Waals surface area contributed by atoms with Gasteiger partial charge in [0.2, 0.25) is 5.91 Å². The normalized spacial score (nSPS) is 21.2. The highest BCUT2D eigenvalue weighted by Gasteiger charge is 2.32. The molecule has 1 saturated carbocycles. The standard InChI is InChI=1S/C25H39N5O.HI/c1-2-26-25(28-22-12-16-29(17-13-22)23-8-9-23)27-19-24(31)30-14-10-21(11-15-30)18-20-6-4-3-5-7-20;/h3-7,21-23H,2,8-19H2,1H3,(H2,26,27,28);1H. The van der Waals surface area contributed by atoms with E-state index in [0.717, 1.165) is 63.7 Å². The van der Waals surface area contributed by atoms with Gasteiger partial charge in [0.15, 0.2) is 5.96 Å². The summed E-state index contributed by atoms with van der Waals surface area (Å²) in [7, 11) is 0. The van der Waals surface area contributed by atoms with Gasteiger partial charge in [-0.15, -0.1) is 24.0 Å². The second kappa shape index (κ2) is 12.8. The van der Waals surface area contributed by atoms with Gasteiger partial charge in [-0.25, -0.2) is 4.99 Å². The zero-order valence-corrected chi connectivity index (χ0v) is 21.8. The lowest BCUT2D eigenvalue weighted by Crippen LogP contribution is -2.49. The monoisotopic (exact) mass is 553 g/mol. The van der Waals surface area contributed by atoms with Crippen molar-refractivity contribution in [2.75, 3.05) is 39.3 Å². The third kappa shape index (κ3) is 7.61. The second-order valence-electron chi connectivity index (χ2n) is 9.39. The molecule has 32 heavy (non-hydrogen) atoms. The number of amides is 1. The van der Waals surface area contributed by atoms with E-state index in [1.54, 1.807) is 0 Å². The van der Waals surface area contributed by atoms with Crippen LogP contribution in [0.2, 0.25) is 0 Å². The van der Waals surface area contributed by atoms with Crippen molar-refractivity contribution >= 4 is 35.8 Å². The van der Waals surface area contributed by atoms with Crippen molar-refractivity contribution in [2.45, 2.75) is 64.0 Å². The highest BCUT2D eigenvalue weighted by molar-refractivity contribution is 14.0. The minimum atomic E-state index is 0. The third-order valence-corrected chi connectivity index (χ3v) is 6.98. The van der Waals surface area contributed by atoms with Crippen LogP contribution in [-0.4, -0.2) is 73.0 Å². The molecule has 1 aliphatic carbocycles. The fraction of sp³-hybridized carbons (Fsp3) is 0.680. The quantitative estimate of drug-likeness (QED) is 0.309. The van der Waals surface area contributed by atoms with Crippen molar-refractivity contribution in [1.29, 1.82) is 0 Å². The lowest BCUT2D eigenvalue weighted by atomic mass is 9.90. The number of halogens is 1. The van der Waals surface area contributed by atoms with Crippen LogP contribution in [0.4, 0.5) is 0 Å². The molecule has 178 valence electrons. The molecule has 2 aliphatic heterocycles. The van der Waals surface area contributed by atoms with Crippen molar-refractivity contribution in [2.24, 2.45) is 10.9 Å². The van der Waals surface area contributed by atoms with Crippen LogP contribution < -0.4 is 10.6 Å². The number of guanidine groups is 1. The van der Waals surface area contributed by atoms with E-state index in [-0.39, 0.29) is 36.4 Å². The van der Waals surface area contributed by atoms with Crippen molar-refractivity contribution < 1.29 is 4.79 Å². The average molecular weight is 554 g/mol. The fourth-order valence-corrected chi connectivity index (χ4v) is 4.94. The van der Waals surface area contributed by atoms with Crippen LogP contribution in [0.25, 0.3) is 0 Å². The van der Waals surface area contributed by atoms with Crippen molar-refractivity contribution in [3.63, 3.8) is 0 Å². The molecule has 3 aliphatic rings. The van der Waals surface area contributed by atoms with E-state index in [1.165, 1.54) is 31.5 Å². The highest BCUT2D eigenvalue weighted by Crippen LogP contribution is 2.29. The van der Waals surface area contributed by atoms with E-state index in [2.05, 4.69) is 57.8 Å².